The molecule has 4 rings (SSSR count). The number of carbonyl (C=O) groups excluding carboxylic acids is 1. The number of ether oxygens (including phenoxy) is 1. The molecular formula is C28H30F2N4O2. The van der Waals surface area contributed by atoms with Crippen molar-refractivity contribution >= 4 is 11.6 Å². The van der Waals surface area contributed by atoms with E-state index in [1.807, 2.05) is 38.1 Å². The third-order valence-corrected chi connectivity index (χ3v) is 6.39. The third-order valence-electron chi connectivity index (χ3n) is 6.39. The minimum Gasteiger partial charge on any atom is -0.494 e. The van der Waals surface area contributed by atoms with Gasteiger partial charge in [0.15, 0.2) is 0 Å². The van der Waals surface area contributed by atoms with Crippen LogP contribution in [-0.4, -0.2) is 18.0 Å². The number of alkyl halides is 2. The van der Waals surface area contributed by atoms with E-state index in [1.54, 1.807) is 26.3 Å². The Morgan fingerprint density at radius 1 is 1.08 bits per heavy atom. The van der Waals surface area contributed by atoms with Crippen molar-refractivity contribution in [3.63, 3.8) is 0 Å². The molecule has 8 heteroatoms. The predicted octanol–water partition coefficient (Wildman–Crippen LogP) is 5.94. The molecule has 36 heavy (non-hydrogen) atoms. The molecule has 1 amide bonds. The van der Waals surface area contributed by atoms with Gasteiger partial charge in [0.05, 0.1) is 19.0 Å². The zero-order valence-electron chi connectivity index (χ0n) is 21.0. The lowest BCUT2D eigenvalue weighted by molar-refractivity contribution is -0.113. The molecule has 0 saturated carbocycles. The van der Waals surface area contributed by atoms with Crippen LogP contribution in [0.3, 0.4) is 0 Å². The summed E-state index contributed by atoms with van der Waals surface area (Å²) in [5.74, 6) is -2.73. The van der Waals surface area contributed by atoms with Crippen LogP contribution >= 0.6 is 0 Å². The molecule has 0 fully saturated rings. The zero-order valence-corrected chi connectivity index (χ0v) is 21.0. The van der Waals surface area contributed by atoms with Crippen molar-refractivity contribution < 1.29 is 18.3 Å². The highest BCUT2D eigenvalue weighted by atomic mass is 19.3. The second kappa shape index (κ2) is 9.97. The molecule has 3 N–H and O–H groups in total. The third kappa shape index (κ3) is 4.89. The number of hydrogen-bond donors (Lipinski definition) is 3. The van der Waals surface area contributed by atoms with E-state index in [0.717, 1.165) is 22.3 Å². The van der Waals surface area contributed by atoms with Gasteiger partial charge in [0.25, 0.3) is 11.8 Å². The Bertz CT molecular complexity index is 1320. The van der Waals surface area contributed by atoms with Gasteiger partial charge in [-0.05, 0) is 55.7 Å². The van der Waals surface area contributed by atoms with Gasteiger partial charge in [-0.15, -0.1) is 0 Å². The molecular weight excluding hydrogens is 462 g/mol. The molecule has 3 aromatic rings. The lowest BCUT2D eigenvalue weighted by atomic mass is 9.95. The fourth-order valence-corrected chi connectivity index (χ4v) is 4.40. The highest BCUT2D eigenvalue weighted by Crippen LogP contribution is 2.36. The number of anilines is 1. The number of allylic oxidation sites excluding steroid dienone is 1. The summed E-state index contributed by atoms with van der Waals surface area (Å²) in [4.78, 5) is 17.6. The molecule has 0 radical (unpaired) electrons. The zero-order chi connectivity index (χ0) is 26.0. The molecule has 0 spiro atoms. The van der Waals surface area contributed by atoms with E-state index in [0.29, 0.717) is 28.5 Å². The Morgan fingerprint density at radius 3 is 2.44 bits per heavy atom. The van der Waals surface area contributed by atoms with Crippen molar-refractivity contribution in [2.24, 2.45) is 0 Å². The largest absolute Gasteiger partial charge is 0.494 e. The van der Waals surface area contributed by atoms with Gasteiger partial charge in [0, 0.05) is 28.9 Å². The van der Waals surface area contributed by atoms with Gasteiger partial charge in [0.2, 0.25) is 0 Å². The highest BCUT2D eigenvalue weighted by Gasteiger charge is 2.30. The monoisotopic (exact) mass is 492 g/mol. The minimum atomic E-state index is -2.96. The van der Waals surface area contributed by atoms with Gasteiger partial charge in [-0.2, -0.15) is 0 Å². The van der Waals surface area contributed by atoms with Crippen LogP contribution in [0.25, 0.3) is 11.1 Å². The van der Waals surface area contributed by atoms with Crippen LogP contribution < -0.4 is 20.7 Å². The summed E-state index contributed by atoms with van der Waals surface area (Å²) in [5, 5.41) is 9.17. The smallest absolute Gasteiger partial charge is 0.273 e. The SMILES string of the molecule is CCC(F)(F)c1cccc(NC(=O)C2=C(C)NC(c3cc(-c4c(C)cccc4C)c(OC)cn3)N2)c1. The summed E-state index contributed by atoms with van der Waals surface area (Å²) in [5.41, 5.74) is 6.00. The molecule has 6 nitrogen and oxygen atoms in total. The second-order valence-corrected chi connectivity index (χ2v) is 8.89. The Balaban J connectivity index is 1.56. The number of aryl methyl sites for hydroxylation is 2. The Kier molecular flexibility index (Phi) is 6.97. The summed E-state index contributed by atoms with van der Waals surface area (Å²) in [6.45, 7) is 7.30. The molecule has 0 bridgehead atoms. The Morgan fingerprint density at radius 2 is 1.78 bits per heavy atom. The summed E-state index contributed by atoms with van der Waals surface area (Å²) >= 11 is 0. The van der Waals surface area contributed by atoms with Crippen molar-refractivity contribution in [1.82, 2.24) is 15.6 Å². The first-order chi connectivity index (χ1) is 17.1. The second-order valence-electron chi connectivity index (χ2n) is 8.89. The lowest BCUT2D eigenvalue weighted by Gasteiger charge is -2.18. The van der Waals surface area contributed by atoms with E-state index in [-0.39, 0.29) is 12.0 Å². The molecule has 1 unspecified atom stereocenters. The average molecular weight is 493 g/mol. The lowest BCUT2D eigenvalue weighted by Crippen LogP contribution is -2.28. The molecule has 0 aliphatic carbocycles. The van der Waals surface area contributed by atoms with E-state index < -0.39 is 18.0 Å². The van der Waals surface area contributed by atoms with Crippen LogP contribution in [-0.2, 0) is 10.7 Å². The van der Waals surface area contributed by atoms with Gasteiger partial charge in [-0.25, -0.2) is 8.78 Å². The van der Waals surface area contributed by atoms with Gasteiger partial charge < -0.3 is 20.7 Å². The highest BCUT2D eigenvalue weighted by molar-refractivity contribution is 6.04. The summed E-state index contributed by atoms with van der Waals surface area (Å²) < 4.78 is 33.8. The maximum absolute atomic E-state index is 14.1. The molecule has 188 valence electrons. The summed E-state index contributed by atoms with van der Waals surface area (Å²) in [7, 11) is 1.61. The molecule has 1 atom stereocenters. The quantitative estimate of drug-likeness (QED) is 0.381. The molecule has 0 saturated heterocycles. The number of pyridine rings is 1. The van der Waals surface area contributed by atoms with Gasteiger partial charge in [-0.1, -0.05) is 37.3 Å². The van der Waals surface area contributed by atoms with Crippen LogP contribution in [0.15, 0.2) is 66.1 Å². The summed E-state index contributed by atoms with van der Waals surface area (Å²) in [6, 6.07) is 13.8. The van der Waals surface area contributed by atoms with Crippen molar-refractivity contribution in [3.8, 4) is 16.9 Å². The number of nitrogens with one attached hydrogen (secondary N) is 3. The number of methoxy groups -OCH3 is 1. The van der Waals surface area contributed by atoms with Crippen LogP contribution in [0.1, 0.15) is 48.8 Å². The maximum Gasteiger partial charge on any atom is 0.273 e. The van der Waals surface area contributed by atoms with Crippen molar-refractivity contribution in [2.75, 3.05) is 12.4 Å². The van der Waals surface area contributed by atoms with E-state index in [4.69, 9.17) is 4.74 Å². The number of nitrogens with zero attached hydrogens (tertiary/aromatic N) is 1. The van der Waals surface area contributed by atoms with E-state index in [1.165, 1.54) is 25.1 Å². The van der Waals surface area contributed by atoms with Gasteiger partial charge in [0.1, 0.15) is 17.6 Å². The Labute approximate surface area is 209 Å². The number of benzene rings is 2. The first-order valence-corrected chi connectivity index (χ1v) is 11.8. The van der Waals surface area contributed by atoms with Crippen LogP contribution in [0, 0.1) is 13.8 Å². The first-order valence-electron chi connectivity index (χ1n) is 11.8. The fraction of sp³-hybridized carbons (Fsp3) is 0.286. The fourth-order valence-electron chi connectivity index (χ4n) is 4.40. The molecule has 2 heterocycles. The minimum absolute atomic E-state index is 0.134. The number of hydrogen-bond acceptors (Lipinski definition) is 5. The maximum atomic E-state index is 14.1. The van der Waals surface area contributed by atoms with Crippen LogP contribution in [0.5, 0.6) is 5.75 Å². The molecule has 2 aromatic carbocycles. The van der Waals surface area contributed by atoms with E-state index in [2.05, 4.69) is 20.9 Å². The van der Waals surface area contributed by atoms with Crippen molar-refractivity contribution in [1.29, 1.82) is 0 Å². The van der Waals surface area contributed by atoms with Gasteiger partial charge >= 0.3 is 0 Å². The standard InChI is InChI=1S/C28H30F2N4O2/c1-6-28(29,30)19-11-8-12-20(13-19)33-27(35)25-18(4)32-26(34-25)22-14-21(23(36-5)15-31-22)24-16(2)9-7-10-17(24)3/h7-15,26,32,34H,6H2,1-5H3,(H,33,35). The van der Waals surface area contributed by atoms with Crippen molar-refractivity contribution in [3.05, 3.63) is 88.5 Å². The molecule has 1 aliphatic rings. The normalized spacial score (nSPS) is 15.4. The Hall–Kier alpha value is -3.94. The summed E-state index contributed by atoms with van der Waals surface area (Å²) in [6.07, 6.45) is 0.906. The average Bonchev–Trinajstić information content (AvgIpc) is 3.25. The predicted molar refractivity (Wildman–Crippen MR) is 137 cm³/mol. The van der Waals surface area contributed by atoms with Crippen LogP contribution in [0.2, 0.25) is 0 Å². The number of aromatic nitrogens is 1. The molecule has 1 aromatic heterocycles. The van der Waals surface area contributed by atoms with Gasteiger partial charge in [-0.3, -0.25) is 9.78 Å². The van der Waals surface area contributed by atoms with Crippen molar-refractivity contribution in [2.45, 2.75) is 46.2 Å². The number of amides is 1. The number of carbonyl (C=O) groups is 1. The molecule has 1 aliphatic heterocycles. The van der Waals surface area contributed by atoms with Crippen LogP contribution in [0.4, 0.5) is 14.5 Å². The number of halogens is 2. The number of rotatable bonds is 7. The van der Waals surface area contributed by atoms with E-state index in [9.17, 15) is 13.6 Å². The van der Waals surface area contributed by atoms with E-state index >= 15 is 0 Å². The topological polar surface area (TPSA) is 75.3 Å². The first kappa shape index (κ1) is 25.2.